The number of hydrogen-bond acceptors (Lipinski definition) is 2. The number of amides is 1. The summed E-state index contributed by atoms with van der Waals surface area (Å²) in [5.41, 5.74) is -0.417. The summed E-state index contributed by atoms with van der Waals surface area (Å²) in [6.45, 7) is 0. The molecule has 1 aromatic carbocycles. The van der Waals surface area contributed by atoms with Gasteiger partial charge in [0, 0.05) is 5.69 Å². The van der Waals surface area contributed by atoms with Crippen LogP contribution in [0.1, 0.15) is 5.56 Å². The van der Waals surface area contributed by atoms with Gasteiger partial charge in [-0.2, -0.15) is 13.2 Å². The first-order valence-corrected chi connectivity index (χ1v) is 5.69. The largest absolute Gasteiger partial charge is 0.416 e. The second-order valence-corrected chi connectivity index (χ2v) is 4.30. The zero-order chi connectivity index (χ0) is 11.8. The van der Waals surface area contributed by atoms with Crippen molar-refractivity contribution in [3.8, 4) is 0 Å². The monoisotopic (exact) mass is 247 g/mol. The Labute approximate surface area is 94.4 Å². The highest BCUT2D eigenvalue weighted by molar-refractivity contribution is 8.00. The molecule has 1 heterocycles. The highest BCUT2D eigenvalue weighted by atomic mass is 32.2. The van der Waals surface area contributed by atoms with Crippen LogP contribution in [-0.4, -0.2) is 17.5 Å². The first-order valence-electron chi connectivity index (χ1n) is 4.54. The Morgan fingerprint density at radius 1 is 1.31 bits per heavy atom. The third-order valence-electron chi connectivity index (χ3n) is 2.23. The van der Waals surface area contributed by atoms with E-state index in [2.05, 4.69) is 0 Å². The van der Waals surface area contributed by atoms with Gasteiger partial charge >= 0.3 is 6.18 Å². The number of carbonyl (C=O) groups excluding carboxylic acids is 1. The number of alkyl halides is 3. The second-order valence-electron chi connectivity index (χ2n) is 3.35. The summed E-state index contributed by atoms with van der Waals surface area (Å²) in [6.07, 6.45) is -4.37. The quantitative estimate of drug-likeness (QED) is 0.760. The number of thioether (sulfide) groups is 1. The zero-order valence-electron chi connectivity index (χ0n) is 8.12. The number of rotatable bonds is 1. The Balaban J connectivity index is 2.32. The van der Waals surface area contributed by atoms with Gasteiger partial charge < -0.3 is 4.90 Å². The fourth-order valence-corrected chi connectivity index (χ4v) is 2.34. The van der Waals surface area contributed by atoms with Crippen molar-refractivity contribution < 1.29 is 18.0 Å². The molecule has 0 radical (unpaired) electrons. The predicted molar refractivity (Wildman–Crippen MR) is 56.3 cm³/mol. The van der Waals surface area contributed by atoms with E-state index in [0.717, 1.165) is 12.1 Å². The Morgan fingerprint density at radius 2 is 2.06 bits per heavy atom. The molecule has 1 aliphatic rings. The van der Waals surface area contributed by atoms with Crippen molar-refractivity contribution in [2.75, 3.05) is 16.5 Å². The lowest BCUT2D eigenvalue weighted by Gasteiger charge is -2.16. The number of hydrogen-bond donors (Lipinski definition) is 0. The number of benzene rings is 1. The van der Waals surface area contributed by atoms with Gasteiger partial charge in [0.1, 0.15) is 0 Å². The third-order valence-corrected chi connectivity index (χ3v) is 3.12. The van der Waals surface area contributed by atoms with E-state index in [1.54, 1.807) is 0 Å². The predicted octanol–water partition coefficient (Wildman–Crippen LogP) is 2.74. The number of anilines is 1. The molecule has 86 valence electrons. The zero-order valence-corrected chi connectivity index (χ0v) is 8.94. The van der Waals surface area contributed by atoms with Crippen LogP contribution >= 0.6 is 11.8 Å². The van der Waals surface area contributed by atoms with Crippen molar-refractivity contribution >= 4 is 23.4 Å². The summed E-state index contributed by atoms with van der Waals surface area (Å²) in [4.78, 5) is 12.7. The van der Waals surface area contributed by atoms with Gasteiger partial charge in [0.15, 0.2) is 0 Å². The topological polar surface area (TPSA) is 20.3 Å². The van der Waals surface area contributed by atoms with Crippen molar-refractivity contribution in [2.45, 2.75) is 6.18 Å². The van der Waals surface area contributed by atoms with Crippen LogP contribution in [0, 0.1) is 0 Å². The molecule has 0 bridgehead atoms. The van der Waals surface area contributed by atoms with Gasteiger partial charge in [-0.1, -0.05) is 6.07 Å². The molecule has 0 saturated carbocycles. The maximum absolute atomic E-state index is 12.4. The minimum atomic E-state index is -4.37. The smallest absolute Gasteiger partial charge is 0.302 e. The lowest BCUT2D eigenvalue weighted by Crippen LogP contribution is -2.25. The number of carbonyl (C=O) groups is 1. The van der Waals surface area contributed by atoms with Crippen LogP contribution < -0.4 is 4.90 Å². The average Bonchev–Trinajstić information content (AvgIpc) is 2.63. The number of halogens is 3. The van der Waals surface area contributed by atoms with Crippen LogP contribution in [0.4, 0.5) is 18.9 Å². The summed E-state index contributed by atoms with van der Waals surface area (Å²) < 4.78 is 37.3. The van der Waals surface area contributed by atoms with Crippen LogP contribution in [0.3, 0.4) is 0 Å². The normalized spacial score (nSPS) is 16.9. The molecule has 0 spiro atoms. The molecule has 1 saturated heterocycles. The van der Waals surface area contributed by atoms with E-state index in [0.29, 0.717) is 17.3 Å². The van der Waals surface area contributed by atoms with E-state index in [1.807, 2.05) is 0 Å². The SMILES string of the molecule is O=C1CSCN1c1cccc(C(F)(F)F)c1. The molecule has 0 atom stereocenters. The Bertz CT molecular complexity index is 419. The van der Waals surface area contributed by atoms with Gasteiger partial charge in [-0.05, 0) is 18.2 Å². The second kappa shape index (κ2) is 4.01. The molecule has 1 amide bonds. The van der Waals surface area contributed by atoms with E-state index >= 15 is 0 Å². The molecule has 0 aliphatic carbocycles. The van der Waals surface area contributed by atoms with Gasteiger partial charge in [0.05, 0.1) is 17.2 Å². The molecule has 1 aliphatic heterocycles. The van der Waals surface area contributed by atoms with Crippen molar-refractivity contribution in [3.63, 3.8) is 0 Å². The molecule has 2 nitrogen and oxygen atoms in total. The average molecular weight is 247 g/mol. The van der Waals surface area contributed by atoms with E-state index in [-0.39, 0.29) is 5.91 Å². The molecule has 1 fully saturated rings. The summed E-state index contributed by atoms with van der Waals surface area (Å²) in [5.74, 6) is 0.598. The molecule has 0 N–H and O–H groups in total. The minimum Gasteiger partial charge on any atom is -0.302 e. The molecule has 6 heteroatoms. The summed E-state index contributed by atoms with van der Waals surface area (Å²) in [5, 5.41) is 0. The third kappa shape index (κ3) is 2.16. The fraction of sp³-hybridized carbons (Fsp3) is 0.300. The summed E-state index contributed by atoms with van der Waals surface area (Å²) in [7, 11) is 0. The molecule has 16 heavy (non-hydrogen) atoms. The van der Waals surface area contributed by atoms with Crippen LogP contribution in [0.25, 0.3) is 0 Å². The Hall–Kier alpha value is -1.17. The van der Waals surface area contributed by atoms with Gasteiger partial charge in [-0.3, -0.25) is 4.79 Å². The molecule has 2 rings (SSSR count). The van der Waals surface area contributed by atoms with Gasteiger partial charge in [0.2, 0.25) is 5.91 Å². The maximum Gasteiger partial charge on any atom is 0.416 e. The highest BCUT2D eigenvalue weighted by Crippen LogP contribution is 2.33. The standard InChI is InChI=1S/C10H8F3NOS/c11-10(12,13)7-2-1-3-8(4-7)14-6-16-5-9(14)15/h1-4H,5-6H2. The molecule has 0 aromatic heterocycles. The van der Waals surface area contributed by atoms with Crippen molar-refractivity contribution in [1.82, 2.24) is 0 Å². The van der Waals surface area contributed by atoms with Crippen molar-refractivity contribution in [2.24, 2.45) is 0 Å². The van der Waals surface area contributed by atoms with Gasteiger partial charge in [-0.15, -0.1) is 11.8 Å². The maximum atomic E-state index is 12.4. The van der Waals surface area contributed by atoms with E-state index in [1.165, 1.54) is 28.8 Å². The molecular weight excluding hydrogens is 239 g/mol. The van der Waals surface area contributed by atoms with E-state index < -0.39 is 11.7 Å². The number of nitrogens with zero attached hydrogens (tertiary/aromatic N) is 1. The van der Waals surface area contributed by atoms with Gasteiger partial charge in [0.25, 0.3) is 0 Å². The Kier molecular flexibility index (Phi) is 2.84. The van der Waals surface area contributed by atoms with Crippen LogP contribution in [0.2, 0.25) is 0 Å². The molecule has 0 unspecified atom stereocenters. The summed E-state index contributed by atoms with van der Waals surface area (Å²) >= 11 is 1.39. The first-order chi connectivity index (χ1) is 7.48. The first kappa shape index (κ1) is 11.3. The lowest BCUT2D eigenvalue weighted by atomic mass is 10.2. The Morgan fingerprint density at radius 3 is 2.62 bits per heavy atom. The van der Waals surface area contributed by atoms with Gasteiger partial charge in [-0.25, -0.2) is 0 Å². The van der Waals surface area contributed by atoms with E-state index in [4.69, 9.17) is 0 Å². The van der Waals surface area contributed by atoms with E-state index in [9.17, 15) is 18.0 Å². The minimum absolute atomic E-state index is 0.149. The van der Waals surface area contributed by atoms with Crippen LogP contribution in [-0.2, 0) is 11.0 Å². The molecular formula is C10H8F3NOS. The van der Waals surface area contributed by atoms with Crippen LogP contribution in [0.5, 0.6) is 0 Å². The highest BCUT2D eigenvalue weighted by Gasteiger charge is 2.31. The van der Waals surface area contributed by atoms with Crippen molar-refractivity contribution in [1.29, 1.82) is 0 Å². The van der Waals surface area contributed by atoms with Crippen LogP contribution in [0.15, 0.2) is 24.3 Å². The molecule has 1 aromatic rings. The lowest BCUT2D eigenvalue weighted by molar-refractivity contribution is -0.137. The summed E-state index contributed by atoms with van der Waals surface area (Å²) in [6, 6.07) is 4.83. The fourth-order valence-electron chi connectivity index (χ4n) is 1.44. The van der Waals surface area contributed by atoms with Crippen molar-refractivity contribution in [3.05, 3.63) is 29.8 Å².